The zero-order valence-electron chi connectivity index (χ0n) is 26.6. The standard InChI is InChI=1S/C32H50N6O6/c1-5-22-14-16-23(17-15-22)36-29(42)25(12-11-18-34-31(33)44)37-27(40)21-35-26(39)13-9-8-10-19-38-28(41)20-24(30(38)43)32(4,6-2)7-3/h14-17,24-25H,5-13,18-21H2,1-4H3,(H,35,39)(H,36,42)(H,37,40)(H3,33,34,44). The Hall–Kier alpha value is -3.96. The highest BCUT2D eigenvalue weighted by Crippen LogP contribution is 2.41. The van der Waals surface area contributed by atoms with Crippen LogP contribution >= 0.6 is 0 Å². The lowest BCUT2D eigenvalue weighted by Gasteiger charge is -2.31. The number of amides is 7. The number of nitrogens with zero attached hydrogens (tertiary/aromatic N) is 1. The van der Waals surface area contributed by atoms with Crippen molar-refractivity contribution in [2.45, 2.75) is 97.9 Å². The minimum absolute atomic E-state index is 0.0875. The fourth-order valence-electron chi connectivity index (χ4n) is 5.29. The Morgan fingerprint density at radius 2 is 1.64 bits per heavy atom. The first-order valence-electron chi connectivity index (χ1n) is 15.8. The van der Waals surface area contributed by atoms with Crippen molar-refractivity contribution >= 4 is 41.3 Å². The molecule has 44 heavy (non-hydrogen) atoms. The van der Waals surface area contributed by atoms with Crippen LogP contribution in [0, 0.1) is 11.3 Å². The number of benzene rings is 1. The van der Waals surface area contributed by atoms with Crippen LogP contribution in [-0.2, 0) is 30.4 Å². The van der Waals surface area contributed by atoms with Crippen LogP contribution in [0.4, 0.5) is 10.5 Å². The summed E-state index contributed by atoms with van der Waals surface area (Å²) in [7, 11) is 0. The van der Waals surface area contributed by atoms with E-state index in [9.17, 15) is 28.8 Å². The number of urea groups is 1. The number of carbonyl (C=O) groups excluding carboxylic acids is 6. The molecule has 244 valence electrons. The molecule has 0 aromatic heterocycles. The van der Waals surface area contributed by atoms with Crippen molar-refractivity contribution in [2.75, 3.05) is 25.0 Å². The smallest absolute Gasteiger partial charge is 0.312 e. The Balaban J connectivity index is 1.76. The summed E-state index contributed by atoms with van der Waals surface area (Å²) in [5.74, 6) is -1.72. The number of nitrogens with two attached hydrogens (primary N) is 1. The molecule has 12 nitrogen and oxygen atoms in total. The van der Waals surface area contributed by atoms with Crippen molar-refractivity contribution in [1.82, 2.24) is 20.9 Å². The number of aryl methyl sites for hydroxylation is 1. The number of carbonyl (C=O) groups is 6. The molecule has 0 radical (unpaired) electrons. The molecule has 1 heterocycles. The molecule has 2 unspecified atom stereocenters. The summed E-state index contributed by atoms with van der Waals surface area (Å²) >= 11 is 0. The molecule has 2 rings (SSSR count). The van der Waals surface area contributed by atoms with Gasteiger partial charge >= 0.3 is 6.03 Å². The summed E-state index contributed by atoms with van der Waals surface area (Å²) in [6.07, 6.45) is 5.45. The summed E-state index contributed by atoms with van der Waals surface area (Å²) in [5, 5.41) is 10.5. The van der Waals surface area contributed by atoms with Crippen LogP contribution in [0.15, 0.2) is 24.3 Å². The van der Waals surface area contributed by atoms with Crippen LogP contribution < -0.4 is 27.0 Å². The Morgan fingerprint density at radius 1 is 0.955 bits per heavy atom. The normalized spacial score (nSPS) is 15.5. The van der Waals surface area contributed by atoms with Crippen molar-refractivity contribution in [1.29, 1.82) is 0 Å². The number of hydrogen-bond acceptors (Lipinski definition) is 6. The van der Waals surface area contributed by atoms with Crippen molar-refractivity contribution in [2.24, 2.45) is 17.1 Å². The van der Waals surface area contributed by atoms with Gasteiger partial charge in [-0.05, 0) is 68.1 Å². The summed E-state index contributed by atoms with van der Waals surface area (Å²) < 4.78 is 0. The SMILES string of the molecule is CCc1ccc(NC(=O)C(CCCNC(N)=O)NC(=O)CNC(=O)CCCCCN2C(=O)CC(C(C)(CC)CC)C2=O)cc1. The lowest BCUT2D eigenvalue weighted by atomic mass is 9.72. The topological polar surface area (TPSA) is 180 Å². The van der Waals surface area contributed by atoms with Gasteiger partial charge in [0.05, 0.1) is 12.5 Å². The van der Waals surface area contributed by atoms with E-state index >= 15 is 0 Å². The second-order valence-corrected chi connectivity index (χ2v) is 11.7. The Morgan fingerprint density at radius 3 is 2.25 bits per heavy atom. The number of likely N-dealkylation sites (tertiary alicyclic amines) is 1. The Labute approximate surface area is 260 Å². The maximum absolute atomic E-state index is 12.9. The van der Waals surface area contributed by atoms with Crippen LogP contribution in [0.25, 0.3) is 0 Å². The molecule has 0 spiro atoms. The van der Waals surface area contributed by atoms with E-state index < -0.39 is 23.9 Å². The van der Waals surface area contributed by atoms with Crippen molar-refractivity contribution < 1.29 is 28.8 Å². The second kappa shape index (κ2) is 18.0. The largest absolute Gasteiger partial charge is 0.352 e. The molecule has 1 aliphatic rings. The minimum Gasteiger partial charge on any atom is -0.352 e. The van der Waals surface area contributed by atoms with Gasteiger partial charge in [-0.1, -0.05) is 46.2 Å². The zero-order chi connectivity index (χ0) is 32.7. The van der Waals surface area contributed by atoms with Gasteiger partial charge in [0.2, 0.25) is 29.5 Å². The van der Waals surface area contributed by atoms with Gasteiger partial charge in [0.25, 0.3) is 0 Å². The number of nitrogens with one attached hydrogen (secondary N) is 4. The molecule has 1 aliphatic heterocycles. The number of imide groups is 1. The third-order valence-electron chi connectivity index (χ3n) is 8.68. The van der Waals surface area contributed by atoms with E-state index in [0.717, 1.165) is 24.8 Å². The lowest BCUT2D eigenvalue weighted by Crippen LogP contribution is -2.47. The van der Waals surface area contributed by atoms with Gasteiger partial charge in [0.15, 0.2) is 0 Å². The highest BCUT2D eigenvalue weighted by atomic mass is 16.2. The summed E-state index contributed by atoms with van der Waals surface area (Å²) in [5.41, 5.74) is 6.63. The van der Waals surface area contributed by atoms with Crippen molar-refractivity contribution in [3.05, 3.63) is 29.8 Å². The van der Waals surface area contributed by atoms with Crippen molar-refractivity contribution in [3.63, 3.8) is 0 Å². The Bertz CT molecular complexity index is 1150. The number of rotatable bonds is 19. The number of unbranched alkanes of at least 4 members (excludes halogenated alkanes) is 2. The summed E-state index contributed by atoms with van der Waals surface area (Å²) in [6.45, 7) is 8.50. The minimum atomic E-state index is -0.886. The Kier molecular flexibility index (Phi) is 14.8. The third-order valence-corrected chi connectivity index (χ3v) is 8.68. The maximum atomic E-state index is 12.9. The van der Waals surface area contributed by atoms with Gasteiger partial charge in [-0.15, -0.1) is 0 Å². The second-order valence-electron chi connectivity index (χ2n) is 11.7. The van der Waals surface area contributed by atoms with E-state index in [1.807, 2.05) is 32.9 Å². The molecule has 2 atom stereocenters. The predicted molar refractivity (Wildman–Crippen MR) is 168 cm³/mol. The molecule has 0 saturated carbocycles. The van der Waals surface area contributed by atoms with Gasteiger partial charge in [-0.3, -0.25) is 28.9 Å². The van der Waals surface area contributed by atoms with Gasteiger partial charge in [0.1, 0.15) is 6.04 Å². The van der Waals surface area contributed by atoms with E-state index in [4.69, 9.17) is 5.73 Å². The number of primary amides is 1. The number of anilines is 1. The highest BCUT2D eigenvalue weighted by molar-refractivity contribution is 6.04. The van der Waals surface area contributed by atoms with E-state index in [2.05, 4.69) is 28.2 Å². The van der Waals surface area contributed by atoms with Gasteiger partial charge < -0.3 is 27.0 Å². The first kappa shape index (κ1) is 36.2. The summed E-state index contributed by atoms with van der Waals surface area (Å²) in [6, 6.07) is 5.83. The molecule has 6 N–H and O–H groups in total. The lowest BCUT2D eigenvalue weighted by molar-refractivity contribution is -0.140. The van der Waals surface area contributed by atoms with E-state index in [1.54, 1.807) is 12.1 Å². The maximum Gasteiger partial charge on any atom is 0.312 e. The van der Waals surface area contributed by atoms with Crippen LogP contribution in [0.1, 0.15) is 91.0 Å². The van der Waals surface area contributed by atoms with Crippen LogP contribution in [0.5, 0.6) is 0 Å². The molecule has 7 amide bonds. The third kappa shape index (κ3) is 11.3. The fraction of sp³-hybridized carbons (Fsp3) is 0.625. The molecule has 1 saturated heterocycles. The average molecular weight is 615 g/mol. The van der Waals surface area contributed by atoms with Gasteiger partial charge in [-0.2, -0.15) is 0 Å². The molecular weight excluding hydrogens is 564 g/mol. The molecule has 1 fully saturated rings. The predicted octanol–water partition coefficient (Wildman–Crippen LogP) is 3.00. The van der Waals surface area contributed by atoms with E-state index in [1.165, 1.54) is 4.90 Å². The van der Waals surface area contributed by atoms with E-state index in [-0.39, 0.29) is 61.4 Å². The quantitative estimate of drug-likeness (QED) is 0.118. The fourth-order valence-corrected chi connectivity index (χ4v) is 5.29. The van der Waals surface area contributed by atoms with Gasteiger partial charge in [0, 0.05) is 31.6 Å². The molecule has 1 aromatic rings. The summed E-state index contributed by atoms with van der Waals surface area (Å²) in [4.78, 5) is 75.6. The average Bonchev–Trinajstić information content (AvgIpc) is 3.30. The zero-order valence-corrected chi connectivity index (χ0v) is 26.6. The first-order chi connectivity index (χ1) is 20.9. The van der Waals surface area contributed by atoms with Crippen LogP contribution in [0.3, 0.4) is 0 Å². The molecule has 12 heteroatoms. The monoisotopic (exact) mass is 614 g/mol. The molecule has 1 aromatic carbocycles. The molecular formula is C32H50N6O6. The molecule has 0 bridgehead atoms. The van der Waals surface area contributed by atoms with Crippen molar-refractivity contribution in [3.8, 4) is 0 Å². The highest BCUT2D eigenvalue weighted by Gasteiger charge is 2.46. The number of hydrogen-bond donors (Lipinski definition) is 5. The molecule has 0 aliphatic carbocycles. The first-order valence-corrected chi connectivity index (χ1v) is 15.8. The van der Waals surface area contributed by atoms with Crippen LogP contribution in [-0.4, -0.2) is 66.1 Å². The van der Waals surface area contributed by atoms with Crippen LogP contribution in [0.2, 0.25) is 0 Å². The van der Waals surface area contributed by atoms with Gasteiger partial charge in [-0.25, -0.2) is 4.79 Å². The van der Waals surface area contributed by atoms with E-state index in [0.29, 0.717) is 37.9 Å².